The standard InChI is InChI=1S/C21H24N2O2/c1-14-9-11-16(12-10-14)15(2)22-21(24)20-18(13-23(3)4)17-7-5-6-8-19(17)25-20/h5-12,15H,13H2,1-4H3,(H,22,24). The van der Waals surface area contributed by atoms with Gasteiger partial charge in [0.15, 0.2) is 5.76 Å². The highest BCUT2D eigenvalue weighted by Crippen LogP contribution is 2.27. The van der Waals surface area contributed by atoms with Crippen LogP contribution < -0.4 is 5.32 Å². The summed E-state index contributed by atoms with van der Waals surface area (Å²) in [7, 11) is 3.97. The zero-order chi connectivity index (χ0) is 18.0. The molecule has 0 radical (unpaired) electrons. The summed E-state index contributed by atoms with van der Waals surface area (Å²) in [5.74, 6) is 0.218. The number of hydrogen-bond acceptors (Lipinski definition) is 3. The highest BCUT2D eigenvalue weighted by atomic mass is 16.3. The number of carbonyl (C=O) groups excluding carboxylic acids is 1. The number of amides is 1. The van der Waals surface area contributed by atoms with Crippen LogP contribution in [-0.4, -0.2) is 24.9 Å². The van der Waals surface area contributed by atoms with Crippen molar-refractivity contribution in [1.82, 2.24) is 10.2 Å². The summed E-state index contributed by atoms with van der Waals surface area (Å²) in [6, 6.07) is 15.9. The zero-order valence-electron chi connectivity index (χ0n) is 15.2. The predicted octanol–water partition coefficient (Wildman–Crippen LogP) is 4.29. The first-order valence-electron chi connectivity index (χ1n) is 8.48. The molecule has 0 saturated carbocycles. The second-order valence-corrected chi connectivity index (χ2v) is 6.75. The quantitative estimate of drug-likeness (QED) is 0.756. The van der Waals surface area contributed by atoms with Gasteiger partial charge in [0.05, 0.1) is 6.04 Å². The Bertz CT molecular complexity index is 879. The number of furan rings is 1. The van der Waals surface area contributed by atoms with E-state index in [0.717, 1.165) is 22.1 Å². The number of para-hydroxylation sites is 1. The molecule has 1 heterocycles. The van der Waals surface area contributed by atoms with Gasteiger partial charge < -0.3 is 14.6 Å². The van der Waals surface area contributed by atoms with Crippen molar-refractivity contribution in [3.8, 4) is 0 Å². The van der Waals surface area contributed by atoms with Gasteiger partial charge in [-0.15, -0.1) is 0 Å². The van der Waals surface area contributed by atoms with Gasteiger partial charge >= 0.3 is 0 Å². The third kappa shape index (κ3) is 3.74. The Balaban J connectivity index is 1.89. The van der Waals surface area contributed by atoms with Gasteiger partial charge in [-0.1, -0.05) is 48.0 Å². The van der Waals surface area contributed by atoms with E-state index in [4.69, 9.17) is 4.42 Å². The monoisotopic (exact) mass is 336 g/mol. The number of rotatable bonds is 5. The van der Waals surface area contributed by atoms with Crippen molar-refractivity contribution in [3.05, 3.63) is 71.0 Å². The van der Waals surface area contributed by atoms with Gasteiger partial charge in [-0.2, -0.15) is 0 Å². The molecule has 2 aromatic carbocycles. The van der Waals surface area contributed by atoms with Gasteiger partial charge in [0.1, 0.15) is 5.58 Å². The van der Waals surface area contributed by atoms with Gasteiger partial charge in [-0.3, -0.25) is 4.79 Å². The van der Waals surface area contributed by atoms with E-state index in [1.165, 1.54) is 5.56 Å². The van der Waals surface area contributed by atoms with E-state index in [2.05, 4.69) is 24.4 Å². The molecule has 0 aliphatic rings. The van der Waals surface area contributed by atoms with Crippen LogP contribution >= 0.6 is 0 Å². The molecule has 4 heteroatoms. The second kappa shape index (κ2) is 7.11. The normalized spacial score (nSPS) is 12.5. The van der Waals surface area contributed by atoms with Crippen molar-refractivity contribution in [3.63, 3.8) is 0 Å². The average Bonchev–Trinajstić information content (AvgIpc) is 2.93. The van der Waals surface area contributed by atoms with Crippen LogP contribution in [0.4, 0.5) is 0 Å². The third-order valence-electron chi connectivity index (χ3n) is 4.30. The number of fused-ring (bicyclic) bond motifs is 1. The van der Waals surface area contributed by atoms with Gasteiger partial charge in [-0.05, 0) is 39.6 Å². The number of hydrogen-bond donors (Lipinski definition) is 1. The summed E-state index contributed by atoms with van der Waals surface area (Å²) >= 11 is 0. The topological polar surface area (TPSA) is 45.5 Å². The lowest BCUT2D eigenvalue weighted by atomic mass is 10.1. The van der Waals surface area contributed by atoms with Crippen molar-refractivity contribution < 1.29 is 9.21 Å². The van der Waals surface area contributed by atoms with Crippen LogP contribution in [0.15, 0.2) is 52.9 Å². The van der Waals surface area contributed by atoms with E-state index in [1.807, 2.05) is 62.3 Å². The Hall–Kier alpha value is -2.59. The molecule has 1 atom stereocenters. The van der Waals surface area contributed by atoms with Crippen molar-refractivity contribution in [2.24, 2.45) is 0 Å². The lowest BCUT2D eigenvalue weighted by molar-refractivity contribution is 0.0912. The van der Waals surface area contributed by atoms with E-state index < -0.39 is 0 Å². The first-order chi connectivity index (χ1) is 12.0. The average molecular weight is 336 g/mol. The van der Waals surface area contributed by atoms with Crippen molar-refractivity contribution >= 4 is 16.9 Å². The molecule has 0 fully saturated rings. The number of benzene rings is 2. The van der Waals surface area contributed by atoms with E-state index in [-0.39, 0.29) is 11.9 Å². The van der Waals surface area contributed by atoms with E-state index >= 15 is 0 Å². The zero-order valence-corrected chi connectivity index (χ0v) is 15.2. The highest BCUT2D eigenvalue weighted by Gasteiger charge is 2.22. The minimum Gasteiger partial charge on any atom is -0.451 e. The van der Waals surface area contributed by atoms with Crippen LogP contribution in [-0.2, 0) is 6.54 Å². The molecule has 1 unspecified atom stereocenters. The molecule has 1 aromatic heterocycles. The fourth-order valence-corrected chi connectivity index (χ4v) is 2.96. The van der Waals surface area contributed by atoms with Crippen molar-refractivity contribution in [2.75, 3.05) is 14.1 Å². The maximum absolute atomic E-state index is 12.8. The maximum atomic E-state index is 12.8. The molecule has 130 valence electrons. The van der Waals surface area contributed by atoms with Gasteiger partial charge in [0.2, 0.25) is 0 Å². The van der Waals surface area contributed by atoms with Gasteiger partial charge in [0.25, 0.3) is 5.91 Å². The molecule has 25 heavy (non-hydrogen) atoms. The lowest BCUT2D eigenvalue weighted by Gasteiger charge is -2.15. The van der Waals surface area contributed by atoms with Crippen LogP contribution in [0.3, 0.4) is 0 Å². The smallest absolute Gasteiger partial charge is 0.287 e. The molecule has 0 bridgehead atoms. The number of aryl methyl sites for hydroxylation is 1. The molecule has 4 nitrogen and oxygen atoms in total. The van der Waals surface area contributed by atoms with Gasteiger partial charge in [-0.25, -0.2) is 0 Å². The fourth-order valence-electron chi connectivity index (χ4n) is 2.96. The summed E-state index contributed by atoms with van der Waals surface area (Å²) in [5.41, 5.74) is 3.94. The SMILES string of the molecule is Cc1ccc(C(C)NC(=O)c2oc3ccccc3c2CN(C)C)cc1. The number of nitrogens with zero attached hydrogens (tertiary/aromatic N) is 1. The summed E-state index contributed by atoms with van der Waals surface area (Å²) < 4.78 is 5.88. The summed E-state index contributed by atoms with van der Waals surface area (Å²) in [5, 5.41) is 4.05. The first-order valence-corrected chi connectivity index (χ1v) is 8.48. The van der Waals surface area contributed by atoms with Crippen LogP contribution in [0, 0.1) is 6.92 Å². The minimum absolute atomic E-state index is 0.0893. The van der Waals surface area contributed by atoms with Crippen molar-refractivity contribution in [1.29, 1.82) is 0 Å². The molecule has 0 aliphatic carbocycles. The van der Waals surface area contributed by atoms with Gasteiger partial charge in [0, 0.05) is 17.5 Å². The van der Waals surface area contributed by atoms with E-state index in [9.17, 15) is 4.79 Å². The third-order valence-corrected chi connectivity index (χ3v) is 4.30. The molecule has 1 N–H and O–H groups in total. The Morgan fingerprint density at radius 2 is 1.80 bits per heavy atom. The summed E-state index contributed by atoms with van der Waals surface area (Å²) in [6.07, 6.45) is 0. The van der Waals surface area contributed by atoms with E-state index in [1.54, 1.807) is 0 Å². The van der Waals surface area contributed by atoms with Crippen LogP contribution in [0.25, 0.3) is 11.0 Å². The van der Waals surface area contributed by atoms with Crippen LogP contribution in [0.5, 0.6) is 0 Å². The molecule has 1 amide bonds. The molecule has 3 rings (SSSR count). The summed E-state index contributed by atoms with van der Waals surface area (Å²) in [6.45, 7) is 4.68. The number of nitrogens with one attached hydrogen (secondary N) is 1. The van der Waals surface area contributed by atoms with Crippen LogP contribution in [0.2, 0.25) is 0 Å². The Morgan fingerprint density at radius 1 is 1.12 bits per heavy atom. The Labute approximate surface area is 148 Å². The molecule has 0 spiro atoms. The summed E-state index contributed by atoms with van der Waals surface area (Å²) in [4.78, 5) is 14.9. The Kier molecular flexibility index (Phi) is 4.91. The molecular formula is C21H24N2O2. The largest absolute Gasteiger partial charge is 0.451 e. The van der Waals surface area contributed by atoms with Crippen molar-refractivity contribution in [2.45, 2.75) is 26.4 Å². The van der Waals surface area contributed by atoms with Crippen LogP contribution in [0.1, 0.15) is 40.2 Å². The first kappa shape index (κ1) is 17.2. The molecular weight excluding hydrogens is 312 g/mol. The fraction of sp³-hybridized carbons (Fsp3) is 0.286. The number of carbonyl (C=O) groups is 1. The Morgan fingerprint density at radius 3 is 2.48 bits per heavy atom. The maximum Gasteiger partial charge on any atom is 0.287 e. The second-order valence-electron chi connectivity index (χ2n) is 6.75. The predicted molar refractivity (Wildman–Crippen MR) is 101 cm³/mol. The molecule has 3 aromatic rings. The molecule has 0 aliphatic heterocycles. The minimum atomic E-state index is -0.180. The molecule has 0 saturated heterocycles. The van der Waals surface area contributed by atoms with E-state index in [0.29, 0.717) is 12.3 Å². The lowest BCUT2D eigenvalue weighted by Crippen LogP contribution is -2.27. The highest BCUT2D eigenvalue weighted by molar-refractivity contribution is 5.99.